The number of rotatable bonds is 16. The van der Waals surface area contributed by atoms with Crippen LogP contribution in [0.5, 0.6) is 0 Å². The lowest BCUT2D eigenvalue weighted by Gasteiger charge is -2.30. The Morgan fingerprint density at radius 3 is 2.49 bits per heavy atom. The topological polar surface area (TPSA) is 184 Å². The summed E-state index contributed by atoms with van der Waals surface area (Å²) in [5, 5.41) is 4.93. The highest BCUT2D eigenvalue weighted by atomic mass is 32.2. The molecule has 3 N–H and O–H groups in total. The van der Waals surface area contributed by atoms with Crippen molar-refractivity contribution in [1.82, 2.24) is 30.1 Å². The fraction of sp³-hybridized carbons (Fsp3) is 0.605. The van der Waals surface area contributed by atoms with Gasteiger partial charge in [0, 0.05) is 57.2 Å². The first-order valence-corrected chi connectivity index (χ1v) is 20.1. The van der Waals surface area contributed by atoms with Crippen LogP contribution < -0.4 is 15.4 Å². The number of nitrogens with zero attached hydrogens (tertiary/aromatic N) is 3. The number of benzene rings is 1. The van der Waals surface area contributed by atoms with Crippen molar-refractivity contribution < 1.29 is 46.3 Å². The lowest BCUT2D eigenvalue weighted by molar-refractivity contribution is -0.132. The Bertz CT molecular complexity index is 1810. The molecular formula is C38H53FN6O9S. The second-order valence-electron chi connectivity index (χ2n) is 16.2. The van der Waals surface area contributed by atoms with Gasteiger partial charge in [-0.25, -0.2) is 22.4 Å². The summed E-state index contributed by atoms with van der Waals surface area (Å²) in [5.41, 5.74) is -1.07. The van der Waals surface area contributed by atoms with Crippen LogP contribution in [-0.2, 0) is 47.0 Å². The third kappa shape index (κ3) is 10.9. The number of carbonyl (C=O) groups is 5. The zero-order valence-corrected chi connectivity index (χ0v) is 33.0. The van der Waals surface area contributed by atoms with Crippen molar-refractivity contribution in [2.75, 3.05) is 40.3 Å². The molecule has 2 aliphatic heterocycles. The molecule has 15 nitrogen and oxygen atoms in total. The van der Waals surface area contributed by atoms with Gasteiger partial charge in [0.2, 0.25) is 21.8 Å². The maximum absolute atomic E-state index is 14.5. The smallest absolute Gasteiger partial charge is 0.410 e. The van der Waals surface area contributed by atoms with Crippen molar-refractivity contribution >= 4 is 39.8 Å². The van der Waals surface area contributed by atoms with Crippen molar-refractivity contribution in [2.24, 2.45) is 11.3 Å². The van der Waals surface area contributed by atoms with Crippen LogP contribution in [0.3, 0.4) is 0 Å². The first-order valence-electron chi connectivity index (χ1n) is 18.6. The normalized spacial score (nSPS) is 24.3. The summed E-state index contributed by atoms with van der Waals surface area (Å²) in [6, 6.07) is 2.94. The number of hydrogen-bond donors (Lipinski definition) is 3. The SMILES string of the molecule is C=C[C@@H]1C[C@]1(CC(=O)[C@@H]1CC(OC(=O)N2Cc3cccc(F)c3C2)CN1C[C@H](CNC(=O)/C=C/CN(C)C)NC(=O)OC(C)(C)C)C(=O)NS(=O)(=O)C1CC1. The van der Waals surface area contributed by atoms with Gasteiger partial charge in [-0.3, -0.25) is 28.9 Å². The third-order valence-electron chi connectivity index (χ3n) is 10.2. The second kappa shape index (κ2) is 16.8. The van der Waals surface area contributed by atoms with Crippen molar-refractivity contribution in [1.29, 1.82) is 0 Å². The molecule has 0 radical (unpaired) electrons. The van der Waals surface area contributed by atoms with Gasteiger partial charge in [0.15, 0.2) is 5.78 Å². The van der Waals surface area contributed by atoms with E-state index in [0.29, 0.717) is 30.5 Å². The highest BCUT2D eigenvalue weighted by molar-refractivity contribution is 7.90. The van der Waals surface area contributed by atoms with Crippen LogP contribution in [-0.4, -0.2) is 122 Å². The van der Waals surface area contributed by atoms with Gasteiger partial charge < -0.3 is 25.0 Å². The minimum Gasteiger partial charge on any atom is -0.445 e. The van der Waals surface area contributed by atoms with Crippen LogP contribution in [0.1, 0.15) is 64.0 Å². The van der Waals surface area contributed by atoms with Gasteiger partial charge in [-0.05, 0) is 71.7 Å². The zero-order chi connectivity index (χ0) is 40.3. The molecule has 5 rings (SSSR count). The molecule has 17 heteroatoms. The third-order valence-corrected chi connectivity index (χ3v) is 12.0. The Kier molecular flexibility index (Phi) is 12.8. The van der Waals surface area contributed by atoms with E-state index in [9.17, 15) is 36.8 Å². The molecule has 4 aliphatic rings. The minimum atomic E-state index is -3.88. The van der Waals surface area contributed by atoms with Gasteiger partial charge >= 0.3 is 12.2 Å². The molecule has 4 amide bonds. The van der Waals surface area contributed by atoms with E-state index in [1.165, 1.54) is 17.0 Å². The molecule has 0 bridgehead atoms. The molecule has 3 fully saturated rings. The van der Waals surface area contributed by atoms with E-state index in [1.807, 2.05) is 19.0 Å². The number of hydrogen-bond acceptors (Lipinski definition) is 11. The summed E-state index contributed by atoms with van der Waals surface area (Å²) in [6.07, 6.45) is 3.25. The fourth-order valence-corrected chi connectivity index (χ4v) is 8.48. The fourth-order valence-electron chi connectivity index (χ4n) is 7.09. The van der Waals surface area contributed by atoms with Crippen LogP contribution in [0.25, 0.3) is 0 Å². The maximum atomic E-state index is 14.5. The van der Waals surface area contributed by atoms with Crippen molar-refractivity contribution in [2.45, 2.75) is 95.0 Å². The molecule has 0 spiro atoms. The second-order valence-corrected chi connectivity index (χ2v) is 18.2. The van der Waals surface area contributed by atoms with E-state index in [4.69, 9.17) is 9.47 Å². The number of carbonyl (C=O) groups excluding carboxylic acids is 5. The summed E-state index contributed by atoms with van der Waals surface area (Å²) < 4.78 is 53.4. The molecule has 0 aromatic heterocycles. The molecule has 55 heavy (non-hydrogen) atoms. The number of nitrogens with one attached hydrogen (secondary N) is 3. The summed E-state index contributed by atoms with van der Waals surface area (Å²) in [5.74, 6) is -2.39. The first kappa shape index (κ1) is 41.8. The van der Waals surface area contributed by atoms with Crippen molar-refractivity contribution in [3.63, 3.8) is 0 Å². The predicted molar refractivity (Wildman–Crippen MR) is 200 cm³/mol. The standard InChI is InChI=1S/C38H53FN6O9S/c1-7-25-17-38(25,34(48)42-55(51,52)28-13-14-28)18-32(46)31-16-27(53-36(50)45-20-24-10-8-11-30(39)29(24)23-45)22-44(31)21-26(41-35(49)54-37(2,3)4)19-40-33(47)12-9-15-43(5)6/h7-12,25-28,31H,1,13-23H2,2-6H3,(H,40,47)(H,41,49)(H,42,48)/b12-9+/t25-,26+,27?,31+,38-/m1/s1. The number of fused-ring (bicyclic) bond motifs is 1. The van der Waals surface area contributed by atoms with Gasteiger partial charge in [0.25, 0.3) is 0 Å². The molecular weight excluding hydrogens is 736 g/mol. The van der Waals surface area contributed by atoms with E-state index in [1.54, 1.807) is 50.0 Å². The van der Waals surface area contributed by atoms with Crippen LogP contribution in [0.2, 0.25) is 0 Å². The zero-order valence-electron chi connectivity index (χ0n) is 32.1. The molecule has 2 saturated carbocycles. The molecule has 1 unspecified atom stereocenters. The predicted octanol–water partition coefficient (Wildman–Crippen LogP) is 2.61. The Morgan fingerprint density at radius 2 is 1.87 bits per heavy atom. The molecule has 1 aromatic rings. The summed E-state index contributed by atoms with van der Waals surface area (Å²) >= 11 is 0. The summed E-state index contributed by atoms with van der Waals surface area (Å²) in [4.78, 5) is 71.9. The number of halogens is 1. The Balaban J connectivity index is 1.35. The summed E-state index contributed by atoms with van der Waals surface area (Å²) in [7, 11) is -0.164. The highest BCUT2D eigenvalue weighted by Gasteiger charge is 2.61. The number of ketones is 1. The quantitative estimate of drug-likeness (QED) is 0.165. The molecule has 302 valence electrons. The van der Waals surface area contributed by atoms with Gasteiger partial charge in [0.05, 0.1) is 29.3 Å². The van der Waals surface area contributed by atoms with E-state index in [0.717, 1.165) is 0 Å². The lowest BCUT2D eigenvalue weighted by atomic mass is 9.91. The van der Waals surface area contributed by atoms with E-state index < -0.39 is 80.2 Å². The number of allylic oxidation sites excluding steroid dienone is 1. The molecule has 2 aliphatic carbocycles. The molecule has 1 aromatic carbocycles. The van der Waals surface area contributed by atoms with E-state index in [-0.39, 0.29) is 57.8 Å². The molecule has 1 saturated heterocycles. The maximum Gasteiger partial charge on any atom is 0.410 e. The highest BCUT2D eigenvalue weighted by Crippen LogP contribution is 2.57. The summed E-state index contributed by atoms with van der Waals surface area (Å²) in [6.45, 7) is 9.62. The van der Waals surface area contributed by atoms with Crippen LogP contribution >= 0.6 is 0 Å². The first-order chi connectivity index (χ1) is 25.8. The minimum absolute atomic E-state index is 0.00585. The Labute approximate surface area is 322 Å². The van der Waals surface area contributed by atoms with Gasteiger partial charge in [-0.15, -0.1) is 6.58 Å². The largest absolute Gasteiger partial charge is 0.445 e. The van der Waals surface area contributed by atoms with E-state index in [2.05, 4.69) is 21.9 Å². The number of sulfonamides is 1. The van der Waals surface area contributed by atoms with Crippen molar-refractivity contribution in [3.8, 4) is 0 Å². The average molecular weight is 789 g/mol. The van der Waals surface area contributed by atoms with Gasteiger partial charge in [-0.2, -0.15) is 0 Å². The number of alkyl carbamates (subject to hydrolysis) is 1. The lowest BCUT2D eigenvalue weighted by Crippen LogP contribution is -2.53. The Hall–Kier alpha value is -4.35. The van der Waals surface area contributed by atoms with Crippen LogP contribution in [0.4, 0.5) is 14.0 Å². The van der Waals surface area contributed by atoms with Crippen LogP contribution in [0, 0.1) is 17.2 Å². The monoisotopic (exact) mass is 788 g/mol. The van der Waals surface area contributed by atoms with Crippen LogP contribution in [0.15, 0.2) is 43.0 Å². The van der Waals surface area contributed by atoms with Crippen molar-refractivity contribution in [3.05, 3.63) is 60.0 Å². The number of amides is 4. The number of likely N-dealkylation sites (N-methyl/N-ethyl adjacent to an activating group) is 1. The van der Waals surface area contributed by atoms with Gasteiger partial charge in [0.1, 0.15) is 17.5 Å². The number of ether oxygens (including phenoxy) is 2. The molecule has 5 atom stereocenters. The van der Waals surface area contributed by atoms with Gasteiger partial charge in [-0.1, -0.05) is 24.3 Å². The number of likely N-dealkylation sites (tertiary alicyclic amines) is 1. The number of Topliss-reactive ketones (excluding diaryl/α,β-unsaturated/α-hetero) is 1. The van der Waals surface area contributed by atoms with E-state index >= 15 is 0 Å². The Morgan fingerprint density at radius 1 is 1.15 bits per heavy atom. The molecule has 2 heterocycles. The average Bonchev–Trinajstić information content (AvgIpc) is 3.98.